The summed E-state index contributed by atoms with van der Waals surface area (Å²) in [6.07, 6.45) is 2.26. The van der Waals surface area contributed by atoms with E-state index in [9.17, 15) is 9.59 Å². The highest BCUT2D eigenvalue weighted by Gasteiger charge is 2.16. The van der Waals surface area contributed by atoms with Gasteiger partial charge in [0.05, 0.1) is 6.10 Å². The highest BCUT2D eigenvalue weighted by atomic mass is 16.5. The lowest BCUT2D eigenvalue weighted by Gasteiger charge is -2.12. The topological polar surface area (TPSA) is 90.7 Å². The van der Waals surface area contributed by atoms with E-state index in [1.54, 1.807) is 48.5 Å². The van der Waals surface area contributed by atoms with Crippen LogP contribution in [-0.4, -0.2) is 31.1 Å². The number of carbonyl (C=O) groups excluding carboxylic acids is 2. The number of amides is 2. The zero-order chi connectivity index (χ0) is 17.6. The Kier molecular flexibility index (Phi) is 5.30. The standard InChI is InChI=1S/C19H20N2O4/c20-18(22)13-3-7-15(8-4-13)21-19(23)14-5-9-16(10-6-14)25-12-17-2-1-11-24-17/h3-10,17H,1-2,11-12H2,(H2,20,22)(H,21,23). The molecule has 0 radical (unpaired) electrons. The Morgan fingerprint density at radius 1 is 1.08 bits per heavy atom. The van der Waals surface area contributed by atoms with Crippen molar-refractivity contribution in [3.05, 3.63) is 59.7 Å². The molecule has 1 atom stereocenters. The van der Waals surface area contributed by atoms with Crippen molar-refractivity contribution in [2.24, 2.45) is 5.73 Å². The average molecular weight is 340 g/mol. The first kappa shape index (κ1) is 17.0. The van der Waals surface area contributed by atoms with Gasteiger partial charge in [-0.25, -0.2) is 0 Å². The van der Waals surface area contributed by atoms with E-state index in [-0.39, 0.29) is 12.0 Å². The second kappa shape index (κ2) is 7.81. The summed E-state index contributed by atoms with van der Waals surface area (Å²) in [5, 5.41) is 2.77. The first-order chi connectivity index (χ1) is 12.1. The van der Waals surface area contributed by atoms with E-state index < -0.39 is 5.91 Å². The molecule has 1 unspecified atom stereocenters. The zero-order valence-electron chi connectivity index (χ0n) is 13.7. The number of benzene rings is 2. The third-order valence-electron chi connectivity index (χ3n) is 4.00. The van der Waals surface area contributed by atoms with Crippen LogP contribution in [0.25, 0.3) is 0 Å². The van der Waals surface area contributed by atoms with Crippen LogP contribution < -0.4 is 15.8 Å². The molecule has 0 aliphatic carbocycles. The van der Waals surface area contributed by atoms with Gasteiger partial charge in [0, 0.05) is 23.4 Å². The van der Waals surface area contributed by atoms with E-state index >= 15 is 0 Å². The molecule has 1 saturated heterocycles. The number of rotatable bonds is 6. The SMILES string of the molecule is NC(=O)c1ccc(NC(=O)c2ccc(OCC3CCCO3)cc2)cc1. The first-order valence-corrected chi connectivity index (χ1v) is 8.17. The van der Waals surface area contributed by atoms with Crippen molar-refractivity contribution in [2.45, 2.75) is 18.9 Å². The van der Waals surface area contributed by atoms with Gasteiger partial charge in [-0.15, -0.1) is 0 Å². The summed E-state index contributed by atoms with van der Waals surface area (Å²) in [5.41, 5.74) is 6.69. The number of nitrogens with two attached hydrogens (primary N) is 1. The molecule has 1 heterocycles. The van der Waals surface area contributed by atoms with Gasteiger partial charge in [0.25, 0.3) is 5.91 Å². The van der Waals surface area contributed by atoms with Gasteiger partial charge in [0.2, 0.25) is 5.91 Å². The van der Waals surface area contributed by atoms with E-state index in [1.807, 2.05) is 0 Å². The maximum absolute atomic E-state index is 12.2. The predicted octanol–water partition coefficient (Wildman–Crippen LogP) is 2.60. The highest BCUT2D eigenvalue weighted by molar-refractivity contribution is 6.04. The molecule has 1 aliphatic rings. The second-order valence-electron chi connectivity index (χ2n) is 5.87. The minimum absolute atomic E-state index is 0.159. The van der Waals surface area contributed by atoms with Crippen LogP contribution in [0, 0.1) is 0 Å². The molecule has 1 fully saturated rings. The van der Waals surface area contributed by atoms with Gasteiger partial charge in [0.15, 0.2) is 0 Å². The van der Waals surface area contributed by atoms with Crippen molar-refractivity contribution in [3.8, 4) is 5.75 Å². The van der Waals surface area contributed by atoms with Crippen LogP contribution in [-0.2, 0) is 4.74 Å². The summed E-state index contributed by atoms with van der Waals surface area (Å²) >= 11 is 0. The highest BCUT2D eigenvalue weighted by Crippen LogP contribution is 2.17. The summed E-state index contributed by atoms with van der Waals surface area (Å²) in [4.78, 5) is 23.3. The molecular weight excluding hydrogens is 320 g/mol. The van der Waals surface area contributed by atoms with Crippen molar-refractivity contribution in [1.82, 2.24) is 0 Å². The Bertz CT molecular complexity index is 735. The fourth-order valence-electron chi connectivity index (χ4n) is 2.59. The number of anilines is 1. The lowest BCUT2D eigenvalue weighted by atomic mass is 10.1. The smallest absolute Gasteiger partial charge is 0.255 e. The van der Waals surface area contributed by atoms with Crippen LogP contribution in [0.5, 0.6) is 5.75 Å². The number of nitrogens with one attached hydrogen (secondary N) is 1. The molecule has 2 aromatic rings. The van der Waals surface area contributed by atoms with Gasteiger partial charge in [-0.2, -0.15) is 0 Å². The van der Waals surface area contributed by atoms with Gasteiger partial charge in [-0.05, 0) is 61.4 Å². The van der Waals surface area contributed by atoms with Crippen molar-refractivity contribution < 1.29 is 19.1 Å². The first-order valence-electron chi connectivity index (χ1n) is 8.17. The Morgan fingerprint density at radius 2 is 1.76 bits per heavy atom. The van der Waals surface area contributed by atoms with Crippen molar-refractivity contribution >= 4 is 17.5 Å². The molecule has 130 valence electrons. The molecule has 1 aliphatic heterocycles. The van der Waals surface area contributed by atoms with Crippen LogP contribution in [0.2, 0.25) is 0 Å². The Hall–Kier alpha value is -2.86. The number of carbonyl (C=O) groups is 2. The third kappa shape index (κ3) is 4.58. The molecule has 0 spiro atoms. The third-order valence-corrected chi connectivity index (χ3v) is 4.00. The monoisotopic (exact) mass is 340 g/mol. The molecule has 6 heteroatoms. The number of primary amides is 1. The quantitative estimate of drug-likeness (QED) is 0.846. The summed E-state index contributed by atoms with van der Waals surface area (Å²) in [6.45, 7) is 1.32. The summed E-state index contributed by atoms with van der Waals surface area (Å²) in [6, 6.07) is 13.4. The number of ether oxygens (including phenoxy) is 2. The van der Waals surface area contributed by atoms with Crippen LogP contribution in [0.3, 0.4) is 0 Å². The second-order valence-corrected chi connectivity index (χ2v) is 5.87. The van der Waals surface area contributed by atoms with E-state index in [2.05, 4.69) is 5.32 Å². The molecule has 3 N–H and O–H groups in total. The molecule has 0 bridgehead atoms. The Morgan fingerprint density at radius 3 is 2.36 bits per heavy atom. The molecule has 0 saturated carbocycles. The lowest BCUT2D eigenvalue weighted by Crippen LogP contribution is -2.16. The Balaban J connectivity index is 1.55. The van der Waals surface area contributed by atoms with Crippen LogP contribution in [0.15, 0.2) is 48.5 Å². The van der Waals surface area contributed by atoms with Crippen molar-refractivity contribution in [1.29, 1.82) is 0 Å². The van der Waals surface area contributed by atoms with E-state index in [1.165, 1.54) is 0 Å². The van der Waals surface area contributed by atoms with Crippen LogP contribution >= 0.6 is 0 Å². The van der Waals surface area contributed by atoms with Crippen LogP contribution in [0.1, 0.15) is 33.6 Å². The number of hydrogen-bond donors (Lipinski definition) is 2. The fraction of sp³-hybridized carbons (Fsp3) is 0.263. The molecule has 25 heavy (non-hydrogen) atoms. The minimum Gasteiger partial charge on any atom is -0.491 e. The van der Waals surface area contributed by atoms with Crippen molar-refractivity contribution in [2.75, 3.05) is 18.5 Å². The molecule has 2 amide bonds. The largest absolute Gasteiger partial charge is 0.491 e. The molecule has 0 aromatic heterocycles. The predicted molar refractivity (Wildman–Crippen MR) is 93.8 cm³/mol. The van der Waals surface area contributed by atoms with E-state index in [0.29, 0.717) is 29.2 Å². The minimum atomic E-state index is -0.503. The molecule has 2 aromatic carbocycles. The summed E-state index contributed by atoms with van der Waals surface area (Å²) in [7, 11) is 0. The molecule has 6 nitrogen and oxygen atoms in total. The van der Waals surface area contributed by atoms with Crippen LogP contribution in [0.4, 0.5) is 5.69 Å². The summed E-state index contributed by atoms with van der Waals surface area (Å²) < 4.78 is 11.2. The maximum atomic E-state index is 12.2. The fourth-order valence-corrected chi connectivity index (χ4v) is 2.59. The lowest BCUT2D eigenvalue weighted by molar-refractivity contribution is 0.0679. The summed E-state index contributed by atoms with van der Waals surface area (Å²) in [5.74, 6) is -0.0353. The van der Waals surface area contributed by atoms with Gasteiger partial charge < -0.3 is 20.5 Å². The van der Waals surface area contributed by atoms with Crippen molar-refractivity contribution in [3.63, 3.8) is 0 Å². The molecule has 3 rings (SSSR count). The van der Waals surface area contributed by atoms with Gasteiger partial charge in [-0.1, -0.05) is 0 Å². The van der Waals surface area contributed by atoms with E-state index in [0.717, 1.165) is 19.4 Å². The Labute approximate surface area is 145 Å². The normalized spacial score (nSPS) is 16.4. The zero-order valence-corrected chi connectivity index (χ0v) is 13.7. The van der Waals surface area contributed by atoms with Gasteiger partial charge >= 0.3 is 0 Å². The van der Waals surface area contributed by atoms with Gasteiger partial charge in [0.1, 0.15) is 12.4 Å². The van der Waals surface area contributed by atoms with Gasteiger partial charge in [-0.3, -0.25) is 9.59 Å². The molecular formula is C19H20N2O4. The maximum Gasteiger partial charge on any atom is 0.255 e. The number of hydrogen-bond acceptors (Lipinski definition) is 4. The average Bonchev–Trinajstić information content (AvgIpc) is 3.14. The van der Waals surface area contributed by atoms with E-state index in [4.69, 9.17) is 15.2 Å².